The average Bonchev–Trinajstić information content (AvgIpc) is 3.07. The third-order valence-corrected chi connectivity index (χ3v) is 3.66. The molecule has 1 aliphatic carbocycles. The third kappa shape index (κ3) is 1.95. The molecule has 0 atom stereocenters. The second-order valence-electron chi connectivity index (χ2n) is 4.95. The molecule has 1 fully saturated rings. The van der Waals surface area contributed by atoms with Crippen LogP contribution in [0.15, 0.2) is 24.3 Å². The molecule has 3 heteroatoms. The largest absolute Gasteiger partial charge is 0.297 e. The number of H-pyrrole nitrogens is 1. The van der Waals surface area contributed by atoms with Gasteiger partial charge in [0.2, 0.25) is 0 Å². The maximum Gasteiger partial charge on any atom is 0.127 e. The van der Waals surface area contributed by atoms with E-state index in [1.54, 1.807) is 0 Å². The van der Waals surface area contributed by atoms with Crippen molar-refractivity contribution in [2.45, 2.75) is 32.6 Å². The van der Waals surface area contributed by atoms with E-state index < -0.39 is 0 Å². The van der Waals surface area contributed by atoms with E-state index in [4.69, 9.17) is 12.2 Å². The first kappa shape index (κ1) is 10.8. The first-order chi connectivity index (χ1) is 8.15. The van der Waals surface area contributed by atoms with E-state index in [0.717, 1.165) is 4.64 Å². The minimum absolute atomic E-state index is 0.711. The molecule has 1 aromatic heterocycles. The molecule has 2 aromatic rings. The van der Waals surface area contributed by atoms with Crippen LogP contribution in [0.1, 0.15) is 35.6 Å². The van der Waals surface area contributed by atoms with Crippen molar-refractivity contribution in [2.75, 3.05) is 0 Å². The van der Waals surface area contributed by atoms with Crippen molar-refractivity contribution in [3.8, 4) is 5.69 Å². The number of benzene rings is 1. The molecule has 0 unspecified atom stereocenters. The van der Waals surface area contributed by atoms with E-state index in [1.807, 2.05) is 4.68 Å². The Bertz CT molecular complexity index is 617. The summed E-state index contributed by atoms with van der Waals surface area (Å²) in [7, 11) is 0. The standard InChI is InChI=1S/C14H16N2S/c1-9-3-4-10(2)13(7-9)16-14(17)8-12(15-16)11-5-6-11/h3-4,7-8,11,15H,5-6H2,1-2H3. The van der Waals surface area contributed by atoms with Gasteiger partial charge in [-0.05, 0) is 49.9 Å². The van der Waals surface area contributed by atoms with Crippen molar-refractivity contribution in [3.05, 3.63) is 45.7 Å². The van der Waals surface area contributed by atoms with Gasteiger partial charge in [0.05, 0.1) is 5.69 Å². The van der Waals surface area contributed by atoms with E-state index in [-0.39, 0.29) is 0 Å². The number of nitrogens with one attached hydrogen (secondary N) is 1. The van der Waals surface area contributed by atoms with Crippen molar-refractivity contribution < 1.29 is 0 Å². The zero-order valence-electron chi connectivity index (χ0n) is 10.2. The maximum absolute atomic E-state index is 5.44. The van der Waals surface area contributed by atoms with Crippen LogP contribution in [-0.4, -0.2) is 9.78 Å². The first-order valence-electron chi connectivity index (χ1n) is 6.05. The summed E-state index contributed by atoms with van der Waals surface area (Å²) in [4.78, 5) is 0. The first-order valence-corrected chi connectivity index (χ1v) is 6.45. The van der Waals surface area contributed by atoms with E-state index >= 15 is 0 Å². The lowest BCUT2D eigenvalue weighted by Crippen LogP contribution is -2.00. The fourth-order valence-corrected chi connectivity index (χ4v) is 2.43. The van der Waals surface area contributed by atoms with E-state index in [1.165, 1.54) is 35.3 Å². The van der Waals surface area contributed by atoms with Gasteiger partial charge in [0.1, 0.15) is 4.64 Å². The fraction of sp³-hybridized carbons (Fsp3) is 0.357. The molecule has 1 saturated carbocycles. The number of hydrogen-bond donors (Lipinski definition) is 1. The Balaban J connectivity index is 2.13. The molecule has 1 aromatic carbocycles. The van der Waals surface area contributed by atoms with E-state index in [0.29, 0.717) is 5.92 Å². The molecule has 3 rings (SSSR count). The topological polar surface area (TPSA) is 20.7 Å². The fourth-order valence-electron chi connectivity index (χ4n) is 2.16. The van der Waals surface area contributed by atoms with Crippen molar-refractivity contribution in [1.82, 2.24) is 9.78 Å². The number of aromatic amines is 1. The summed E-state index contributed by atoms with van der Waals surface area (Å²) in [5, 5.41) is 3.44. The Morgan fingerprint density at radius 3 is 2.71 bits per heavy atom. The average molecular weight is 244 g/mol. The van der Waals surface area contributed by atoms with Gasteiger partial charge in [0.15, 0.2) is 0 Å². The van der Waals surface area contributed by atoms with Crippen LogP contribution in [0.2, 0.25) is 0 Å². The Morgan fingerprint density at radius 1 is 1.24 bits per heavy atom. The van der Waals surface area contributed by atoms with Crippen LogP contribution in [0.5, 0.6) is 0 Å². The van der Waals surface area contributed by atoms with Gasteiger partial charge in [0, 0.05) is 11.6 Å². The summed E-state index contributed by atoms with van der Waals surface area (Å²) in [5.74, 6) is 0.711. The molecule has 0 radical (unpaired) electrons. The normalized spacial score (nSPS) is 15.2. The van der Waals surface area contributed by atoms with Gasteiger partial charge in [-0.15, -0.1) is 0 Å². The van der Waals surface area contributed by atoms with Crippen LogP contribution in [0.4, 0.5) is 0 Å². The molecule has 0 saturated heterocycles. The van der Waals surface area contributed by atoms with Crippen LogP contribution < -0.4 is 0 Å². The Kier molecular flexibility index (Phi) is 2.44. The zero-order valence-corrected chi connectivity index (χ0v) is 11.0. The van der Waals surface area contributed by atoms with Gasteiger partial charge < -0.3 is 0 Å². The number of aryl methyl sites for hydroxylation is 2. The highest BCUT2D eigenvalue weighted by atomic mass is 32.1. The molecule has 1 heterocycles. The quantitative estimate of drug-likeness (QED) is 0.791. The molecule has 0 bridgehead atoms. The van der Waals surface area contributed by atoms with Gasteiger partial charge in [-0.1, -0.05) is 24.4 Å². The van der Waals surface area contributed by atoms with Crippen LogP contribution in [0, 0.1) is 18.5 Å². The lowest BCUT2D eigenvalue weighted by Gasteiger charge is -2.08. The van der Waals surface area contributed by atoms with Crippen LogP contribution in [-0.2, 0) is 0 Å². The highest BCUT2D eigenvalue weighted by molar-refractivity contribution is 7.71. The molecule has 88 valence electrons. The van der Waals surface area contributed by atoms with Gasteiger partial charge in [-0.3, -0.25) is 5.10 Å². The summed E-state index contributed by atoms with van der Waals surface area (Å²) in [6, 6.07) is 8.56. The Morgan fingerprint density at radius 2 is 2.00 bits per heavy atom. The number of hydrogen-bond acceptors (Lipinski definition) is 1. The summed E-state index contributed by atoms with van der Waals surface area (Å²) in [5.41, 5.74) is 4.96. The molecule has 0 amide bonds. The number of aromatic nitrogens is 2. The lowest BCUT2D eigenvalue weighted by molar-refractivity contribution is 0.823. The number of nitrogens with zero attached hydrogens (tertiary/aromatic N) is 1. The predicted octanol–water partition coefficient (Wildman–Crippen LogP) is 4.03. The lowest BCUT2D eigenvalue weighted by atomic mass is 10.1. The molecule has 1 N–H and O–H groups in total. The van der Waals surface area contributed by atoms with Gasteiger partial charge in [-0.25, -0.2) is 4.68 Å². The molecular formula is C14H16N2S. The monoisotopic (exact) mass is 244 g/mol. The minimum Gasteiger partial charge on any atom is -0.297 e. The van der Waals surface area contributed by atoms with Crippen molar-refractivity contribution >= 4 is 12.2 Å². The summed E-state index contributed by atoms with van der Waals surface area (Å²) >= 11 is 5.44. The summed E-state index contributed by atoms with van der Waals surface area (Å²) in [6.07, 6.45) is 2.59. The molecule has 0 aliphatic heterocycles. The van der Waals surface area contributed by atoms with Crippen molar-refractivity contribution in [2.24, 2.45) is 0 Å². The van der Waals surface area contributed by atoms with Gasteiger partial charge in [0.25, 0.3) is 0 Å². The molecule has 1 aliphatic rings. The van der Waals surface area contributed by atoms with Crippen LogP contribution >= 0.6 is 12.2 Å². The number of rotatable bonds is 2. The molecular weight excluding hydrogens is 228 g/mol. The third-order valence-electron chi connectivity index (χ3n) is 3.36. The highest BCUT2D eigenvalue weighted by Gasteiger charge is 2.25. The second kappa shape index (κ2) is 3.84. The molecule has 0 spiro atoms. The Hall–Kier alpha value is -1.35. The summed E-state index contributed by atoms with van der Waals surface area (Å²) < 4.78 is 2.91. The van der Waals surface area contributed by atoms with E-state index in [9.17, 15) is 0 Å². The Labute approximate surface area is 106 Å². The van der Waals surface area contributed by atoms with Crippen molar-refractivity contribution in [3.63, 3.8) is 0 Å². The highest BCUT2D eigenvalue weighted by Crippen LogP contribution is 2.39. The smallest absolute Gasteiger partial charge is 0.127 e. The minimum atomic E-state index is 0.711. The predicted molar refractivity (Wildman–Crippen MR) is 72.4 cm³/mol. The van der Waals surface area contributed by atoms with Crippen LogP contribution in [0.3, 0.4) is 0 Å². The maximum atomic E-state index is 5.44. The second-order valence-corrected chi connectivity index (χ2v) is 5.37. The molecule has 17 heavy (non-hydrogen) atoms. The van der Waals surface area contributed by atoms with Gasteiger partial charge >= 0.3 is 0 Å². The summed E-state index contributed by atoms with van der Waals surface area (Å²) in [6.45, 7) is 4.23. The SMILES string of the molecule is Cc1ccc(C)c(-n2[nH]c(C3CC3)cc2=S)c1. The van der Waals surface area contributed by atoms with Crippen LogP contribution in [0.25, 0.3) is 5.69 Å². The van der Waals surface area contributed by atoms with E-state index in [2.05, 4.69) is 43.2 Å². The zero-order chi connectivity index (χ0) is 12.0. The molecule has 2 nitrogen and oxygen atoms in total. The van der Waals surface area contributed by atoms with Gasteiger partial charge in [-0.2, -0.15) is 0 Å². The van der Waals surface area contributed by atoms with Crippen molar-refractivity contribution in [1.29, 1.82) is 0 Å².